The first-order chi connectivity index (χ1) is 9.58. The molecule has 2 rings (SSSR count). The lowest BCUT2D eigenvalue weighted by Gasteiger charge is -2.46. The summed E-state index contributed by atoms with van der Waals surface area (Å²) in [4.78, 5) is 0. The predicted molar refractivity (Wildman–Crippen MR) is 85.8 cm³/mol. The lowest BCUT2D eigenvalue weighted by molar-refractivity contribution is 0.235. The van der Waals surface area contributed by atoms with Gasteiger partial charge in [0.25, 0.3) is 0 Å². The fourth-order valence-electron chi connectivity index (χ4n) is 3.27. The molecule has 0 amide bonds. The van der Waals surface area contributed by atoms with Gasteiger partial charge in [0, 0.05) is 16.4 Å². The molecule has 0 bridgehead atoms. The molecule has 0 saturated heterocycles. The Morgan fingerprint density at radius 3 is 2.00 bits per heavy atom. The largest absolute Gasteiger partial charge is 0.0699 e. The highest BCUT2D eigenvalue weighted by atomic mass is 14.5. The fourth-order valence-corrected chi connectivity index (χ4v) is 3.27. The molecule has 0 aliphatic heterocycles. The molecular weight excluding hydrogens is 240 g/mol. The van der Waals surface area contributed by atoms with Gasteiger partial charge in [-0.15, -0.1) is 0 Å². The summed E-state index contributed by atoms with van der Waals surface area (Å²) in [6.07, 6.45) is 2.19. The van der Waals surface area contributed by atoms with Crippen LogP contribution >= 0.6 is 0 Å². The predicted octanol–water partition coefficient (Wildman–Crippen LogP) is 5.32. The summed E-state index contributed by atoms with van der Waals surface area (Å²) < 4.78 is 0. The monoisotopic (exact) mass is 264 g/mol. The Morgan fingerprint density at radius 2 is 1.50 bits per heavy atom. The van der Waals surface area contributed by atoms with Crippen LogP contribution in [0.25, 0.3) is 0 Å². The minimum absolute atomic E-state index is 0.0564. The Labute approximate surface area is 123 Å². The molecule has 0 heterocycles. The summed E-state index contributed by atoms with van der Waals surface area (Å²) in [7, 11) is 0. The first-order valence-electron chi connectivity index (χ1n) is 7.53. The van der Waals surface area contributed by atoms with E-state index in [9.17, 15) is 0 Å². The zero-order valence-corrected chi connectivity index (χ0v) is 13.0. The van der Waals surface area contributed by atoms with E-state index >= 15 is 0 Å². The maximum Gasteiger partial charge on any atom is 0.00958 e. The van der Waals surface area contributed by atoms with Crippen LogP contribution < -0.4 is 0 Å². The summed E-state index contributed by atoms with van der Waals surface area (Å²) in [6, 6.07) is 23.5. The van der Waals surface area contributed by atoms with Crippen molar-refractivity contribution in [2.45, 2.75) is 51.4 Å². The van der Waals surface area contributed by atoms with Gasteiger partial charge in [0.15, 0.2) is 0 Å². The molecule has 20 heavy (non-hydrogen) atoms. The molecule has 104 valence electrons. The van der Waals surface area contributed by atoms with Crippen LogP contribution in [-0.4, -0.2) is 0 Å². The van der Waals surface area contributed by atoms with Gasteiger partial charge in [-0.2, -0.15) is 0 Å². The second-order valence-corrected chi connectivity index (χ2v) is 5.95. The van der Waals surface area contributed by atoms with Crippen molar-refractivity contribution in [2.24, 2.45) is 0 Å². The van der Waals surface area contributed by atoms with Gasteiger partial charge < -0.3 is 0 Å². The number of rotatable bonds is 5. The molecule has 0 spiro atoms. The Morgan fingerprint density at radius 1 is 0.850 bits per heavy atom. The summed E-state index contributed by atoms with van der Waals surface area (Å²) in [5.41, 5.74) is 2.81. The van der Waals surface area contributed by atoms with E-state index in [2.05, 4.69) is 82.3 Å². The van der Waals surface area contributed by atoms with E-state index < -0.39 is 0 Å². The third kappa shape index (κ3) is 2.22. The Kier molecular flexibility index (Phi) is 4.19. The van der Waals surface area contributed by atoms with E-state index in [-0.39, 0.29) is 10.8 Å². The molecule has 2 atom stereocenters. The Hall–Kier alpha value is -1.74. The second-order valence-electron chi connectivity index (χ2n) is 5.95. The number of hydrogen-bond acceptors (Lipinski definition) is 0. The van der Waals surface area contributed by atoms with Crippen LogP contribution in [0.2, 0.25) is 0 Å². The minimum atomic E-state index is 0.0564. The second kappa shape index (κ2) is 5.71. The van der Waals surface area contributed by atoms with Gasteiger partial charge in [0.1, 0.15) is 0 Å². The fraction of sp³-hybridized carbons (Fsp3) is 0.400. The van der Waals surface area contributed by atoms with Crippen molar-refractivity contribution in [3.63, 3.8) is 0 Å². The maximum absolute atomic E-state index is 3.34. The standard InChI is InChI=1S/C20H24/c1-5-19(3,17-13-9-7-10-14-17)20(4,6-2)18-15-11-8-12-16-18/h7-11,13-15H,5-6H2,1-4H3. The third-order valence-electron chi connectivity index (χ3n) is 5.29. The molecule has 0 aliphatic rings. The van der Waals surface area contributed by atoms with Crippen molar-refractivity contribution in [1.82, 2.24) is 0 Å². The smallest absolute Gasteiger partial charge is 0.00958 e. The van der Waals surface area contributed by atoms with E-state index in [1.54, 1.807) is 0 Å². The van der Waals surface area contributed by atoms with Crippen molar-refractivity contribution in [3.05, 3.63) is 71.8 Å². The van der Waals surface area contributed by atoms with Gasteiger partial charge in [-0.05, 0) is 30.5 Å². The van der Waals surface area contributed by atoms with Crippen LogP contribution in [0.4, 0.5) is 0 Å². The molecule has 0 heteroatoms. The van der Waals surface area contributed by atoms with Crippen molar-refractivity contribution in [1.29, 1.82) is 0 Å². The number of benzene rings is 1. The lowest BCUT2D eigenvalue weighted by atomic mass is 9.57. The molecule has 0 saturated carbocycles. The van der Waals surface area contributed by atoms with Crippen molar-refractivity contribution in [3.8, 4) is 0 Å². The molecule has 0 nitrogen and oxygen atoms in total. The quantitative estimate of drug-likeness (QED) is 0.685. The zero-order valence-electron chi connectivity index (χ0n) is 13.0. The van der Waals surface area contributed by atoms with Crippen LogP contribution in [-0.2, 0) is 10.8 Å². The molecule has 0 aromatic heterocycles. The van der Waals surface area contributed by atoms with Crippen LogP contribution in [0.5, 0.6) is 0 Å². The van der Waals surface area contributed by atoms with Crippen LogP contribution in [0, 0.1) is 12.1 Å². The molecule has 2 aromatic rings. The van der Waals surface area contributed by atoms with Gasteiger partial charge in [-0.1, -0.05) is 76.2 Å². The molecule has 0 fully saturated rings. The van der Waals surface area contributed by atoms with E-state index in [1.807, 2.05) is 6.07 Å². The van der Waals surface area contributed by atoms with Gasteiger partial charge in [-0.3, -0.25) is 0 Å². The van der Waals surface area contributed by atoms with E-state index in [0.717, 1.165) is 12.8 Å². The van der Waals surface area contributed by atoms with Crippen molar-refractivity contribution in [2.75, 3.05) is 0 Å². The van der Waals surface area contributed by atoms with Crippen molar-refractivity contribution < 1.29 is 0 Å². The third-order valence-corrected chi connectivity index (χ3v) is 5.29. The lowest BCUT2D eigenvalue weighted by Crippen LogP contribution is -2.44. The highest BCUT2D eigenvalue weighted by Crippen LogP contribution is 2.47. The van der Waals surface area contributed by atoms with Crippen molar-refractivity contribution >= 4 is 0 Å². The molecule has 2 unspecified atom stereocenters. The maximum atomic E-state index is 3.34. The Balaban J connectivity index is 2.58. The summed E-state index contributed by atoms with van der Waals surface area (Å²) in [5, 5.41) is 0. The molecule has 2 aromatic carbocycles. The van der Waals surface area contributed by atoms with Crippen LogP contribution in [0.15, 0.2) is 48.5 Å². The topological polar surface area (TPSA) is 0 Å². The van der Waals surface area contributed by atoms with Gasteiger partial charge in [0.2, 0.25) is 0 Å². The van der Waals surface area contributed by atoms with E-state index in [0.29, 0.717) is 0 Å². The highest BCUT2D eigenvalue weighted by molar-refractivity contribution is 5.36. The first-order valence-corrected chi connectivity index (χ1v) is 7.53. The number of hydrogen-bond donors (Lipinski definition) is 0. The zero-order chi connectivity index (χ0) is 14.6. The molecule has 0 aliphatic carbocycles. The first kappa shape index (κ1) is 14.7. The van der Waals surface area contributed by atoms with E-state index in [4.69, 9.17) is 0 Å². The van der Waals surface area contributed by atoms with E-state index in [1.165, 1.54) is 11.1 Å². The molecular formula is C20H24. The minimum Gasteiger partial charge on any atom is -0.0699 e. The molecule has 0 radical (unpaired) electrons. The summed E-state index contributed by atoms with van der Waals surface area (Å²) >= 11 is 0. The average molecular weight is 264 g/mol. The van der Waals surface area contributed by atoms with Crippen LogP contribution in [0.3, 0.4) is 0 Å². The highest BCUT2D eigenvalue weighted by Gasteiger charge is 2.44. The van der Waals surface area contributed by atoms with Gasteiger partial charge in [0.05, 0.1) is 0 Å². The Bertz CT molecular complexity index is 477. The summed E-state index contributed by atoms with van der Waals surface area (Å²) in [6.45, 7) is 9.31. The van der Waals surface area contributed by atoms with Gasteiger partial charge >= 0.3 is 0 Å². The van der Waals surface area contributed by atoms with Gasteiger partial charge in [-0.25, -0.2) is 0 Å². The summed E-state index contributed by atoms with van der Waals surface area (Å²) in [5.74, 6) is 0. The molecule has 0 N–H and O–H groups in total. The normalized spacial score (nSPS) is 16.8. The SMILES string of the molecule is CCC(C)(c1c#cccc1)C(C)(CC)c1ccccc1. The van der Waals surface area contributed by atoms with Crippen LogP contribution in [0.1, 0.15) is 51.7 Å². The average Bonchev–Trinajstić information content (AvgIpc) is 2.54.